The molecule has 0 unspecified atom stereocenters. The Hall–Kier alpha value is -3.19. The number of rotatable bonds is 4. The lowest BCUT2D eigenvalue weighted by molar-refractivity contribution is -0.116. The number of aromatic amines is 1. The number of H-pyrrole nitrogens is 1. The highest BCUT2D eigenvalue weighted by Crippen LogP contribution is 2.43. The van der Waals surface area contributed by atoms with Crippen molar-refractivity contribution in [1.29, 1.82) is 0 Å². The average molecular weight is 431 g/mol. The molecule has 3 aromatic rings. The Morgan fingerprint density at radius 3 is 2.61 bits per heavy atom. The van der Waals surface area contributed by atoms with Gasteiger partial charge in [-0.3, -0.25) is 14.6 Å². The predicted molar refractivity (Wildman–Crippen MR) is 121 cm³/mol. The lowest BCUT2D eigenvalue weighted by atomic mass is 9.77. The summed E-state index contributed by atoms with van der Waals surface area (Å²) in [6.07, 6.45) is 5.48. The molecular weight excluding hydrogens is 408 g/mol. The van der Waals surface area contributed by atoms with E-state index >= 15 is 0 Å². The summed E-state index contributed by atoms with van der Waals surface area (Å²) in [6, 6.07) is 12.1. The maximum Gasteiger partial charge on any atom is 0.257 e. The minimum Gasteiger partial charge on any atom is -0.343 e. The van der Waals surface area contributed by atoms with E-state index in [1.54, 1.807) is 12.4 Å². The number of hydrogen-bond donors (Lipinski definition) is 2. The van der Waals surface area contributed by atoms with Crippen LogP contribution in [-0.2, 0) is 10.5 Å². The highest BCUT2D eigenvalue weighted by Gasteiger charge is 2.37. The summed E-state index contributed by atoms with van der Waals surface area (Å²) in [6.45, 7) is 2.06. The monoisotopic (exact) mass is 430 g/mol. The molecule has 0 fully saturated rings. The van der Waals surface area contributed by atoms with Gasteiger partial charge in [-0.05, 0) is 43.0 Å². The molecule has 156 valence electrons. The largest absolute Gasteiger partial charge is 0.343 e. The average Bonchev–Trinajstić information content (AvgIpc) is 2.78. The van der Waals surface area contributed by atoms with Gasteiger partial charge in [-0.25, -0.2) is 4.98 Å². The molecule has 3 heterocycles. The van der Waals surface area contributed by atoms with Gasteiger partial charge < -0.3 is 10.3 Å². The molecule has 0 amide bonds. The van der Waals surface area contributed by atoms with Crippen molar-refractivity contribution in [2.24, 2.45) is 0 Å². The zero-order valence-corrected chi connectivity index (χ0v) is 18.0. The predicted octanol–water partition coefficient (Wildman–Crippen LogP) is 4.33. The molecule has 0 spiro atoms. The van der Waals surface area contributed by atoms with Crippen LogP contribution in [0.1, 0.15) is 47.4 Å². The molecule has 1 atom stereocenters. The van der Waals surface area contributed by atoms with Gasteiger partial charge in [-0.1, -0.05) is 41.6 Å². The van der Waals surface area contributed by atoms with E-state index in [4.69, 9.17) is 4.98 Å². The van der Waals surface area contributed by atoms with Gasteiger partial charge in [0, 0.05) is 41.8 Å². The van der Waals surface area contributed by atoms with E-state index in [0.29, 0.717) is 34.3 Å². The van der Waals surface area contributed by atoms with Gasteiger partial charge in [0.25, 0.3) is 5.56 Å². The minimum absolute atomic E-state index is 0.0958. The third-order valence-corrected chi connectivity index (χ3v) is 6.72. The van der Waals surface area contributed by atoms with Gasteiger partial charge in [-0.15, -0.1) is 0 Å². The van der Waals surface area contributed by atoms with Crippen molar-refractivity contribution in [2.75, 3.05) is 5.32 Å². The normalized spacial score (nSPS) is 17.7. The van der Waals surface area contributed by atoms with Crippen molar-refractivity contribution >= 4 is 23.4 Å². The van der Waals surface area contributed by atoms with Gasteiger partial charge >= 0.3 is 0 Å². The lowest BCUT2D eigenvalue weighted by Gasteiger charge is -2.32. The Labute approximate surface area is 184 Å². The number of carbonyl (C=O) groups excluding carboxylic acids is 1. The number of anilines is 1. The van der Waals surface area contributed by atoms with Crippen molar-refractivity contribution in [3.05, 3.63) is 92.7 Å². The SMILES string of the molecule is Cc1ccc(CSc2nc3c(c(=O)[nH]2)[C@@H](c2ccncc2)C2=C(CCCC2=O)N3)cc1. The first-order valence-electron chi connectivity index (χ1n) is 10.4. The van der Waals surface area contributed by atoms with Gasteiger partial charge in [0.1, 0.15) is 5.82 Å². The van der Waals surface area contributed by atoms with E-state index in [0.717, 1.165) is 24.1 Å². The molecule has 1 aromatic carbocycles. The maximum atomic E-state index is 13.2. The van der Waals surface area contributed by atoms with Crippen LogP contribution in [-0.4, -0.2) is 20.7 Å². The van der Waals surface area contributed by atoms with Crippen molar-refractivity contribution < 1.29 is 4.79 Å². The summed E-state index contributed by atoms with van der Waals surface area (Å²) in [5.41, 5.74) is 5.13. The van der Waals surface area contributed by atoms with Crippen LogP contribution in [0.5, 0.6) is 0 Å². The van der Waals surface area contributed by atoms with Crippen LogP contribution in [0.3, 0.4) is 0 Å². The first-order valence-corrected chi connectivity index (χ1v) is 11.3. The quantitative estimate of drug-likeness (QED) is 0.473. The summed E-state index contributed by atoms with van der Waals surface area (Å²) >= 11 is 1.49. The fourth-order valence-electron chi connectivity index (χ4n) is 4.23. The first kappa shape index (κ1) is 19.8. The Kier molecular flexibility index (Phi) is 5.19. The molecule has 0 bridgehead atoms. The molecule has 0 saturated carbocycles. The van der Waals surface area contributed by atoms with E-state index in [2.05, 4.69) is 46.5 Å². The van der Waals surface area contributed by atoms with Crippen LogP contribution in [0, 0.1) is 6.92 Å². The summed E-state index contributed by atoms with van der Waals surface area (Å²) in [5, 5.41) is 3.88. The Morgan fingerprint density at radius 2 is 1.84 bits per heavy atom. The highest BCUT2D eigenvalue weighted by atomic mass is 32.2. The molecule has 0 radical (unpaired) electrons. The summed E-state index contributed by atoms with van der Waals surface area (Å²) in [4.78, 5) is 37.8. The molecule has 2 aliphatic rings. The number of pyridine rings is 1. The summed E-state index contributed by atoms with van der Waals surface area (Å²) < 4.78 is 0. The number of allylic oxidation sites excluding steroid dienone is 2. The molecule has 6 nitrogen and oxygen atoms in total. The Balaban J connectivity index is 1.54. The van der Waals surface area contributed by atoms with E-state index in [1.807, 2.05) is 12.1 Å². The number of hydrogen-bond acceptors (Lipinski definition) is 6. The smallest absolute Gasteiger partial charge is 0.257 e. The zero-order chi connectivity index (χ0) is 21.4. The third kappa shape index (κ3) is 3.81. The van der Waals surface area contributed by atoms with Gasteiger partial charge in [0.2, 0.25) is 0 Å². The van der Waals surface area contributed by atoms with E-state index in [9.17, 15) is 9.59 Å². The maximum absolute atomic E-state index is 13.2. The lowest BCUT2D eigenvalue weighted by Crippen LogP contribution is -2.32. The topological polar surface area (TPSA) is 87.7 Å². The Bertz CT molecular complexity index is 1230. The first-order chi connectivity index (χ1) is 15.1. The number of Topliss-reactive ketones (excluding diaryl/α,β-unsaturated/α-hetero) is 1. The van der Waals surface area contributed by atoms with Gasteiger partial charge in [-0.2, -0.15) is 0 Å². The zero-order valence-electron chi connectivity index (χ0n) is 17.1. The fourth-order valence-corrected chi connectivity index (χ4v) is 5.05. The second kappa shape index (κ2) is 8.15. The van der Waals surface area contributed by atoms with Crippen LogP contribution in [0.2, 0.25) is 0 Å². The molecule has 2 aromatic heterocycles. The molecule has 31 heavy (non-hydrogen) atoms. The van der Waals surface area contributed by atoms with E-state index in [-0.39, 0.29) is 11.3 Å². The number of ketones is 1. The highest BCUT2D eigenvalue weighted by molar-refractivity contribution is 7.98. The number of benzene rings is 1. The van der Waals surface area contributed by atoms with Crippen molar-refractivity contribution in [3.8, 4) is 0 Å². The number of aromatic nitrogens is 3. The number of aryl methyl sites for hydroxylation is 1. The second-order valence-electron chi connectivity index (χ2n) is 7.92. The number of nitrogens with zero attached hydrogens (tertiary/aromatic N) is 2. The van der Waals surface area contributed by atoms with Gasteiger partial charge in [0.15, 0.2) is 10.9 Å². The van der Waals surface area contributed by atoms with Crippen molar-refractivity contribution in [3.63, 3.8) is 0 Å². The minimum atomic E-state index is -0.422. The fraction of sp³-hybridized carbons (Fsp3) is 0.250. The summed E-state index contributed by atoms with van der Waals surface area (Å²) in [7, 11) is 0. The number of nitrogens with one attached hydrogen (secondary N) is 2. The summed E-state index contributed by atoms with van der Waals surface area (Å²) in [5.74, 6) is 0.931. The number of thioether (sulfide) groups is 1. The number of fused-ring (bicyclic) bond motifs is 1. The van der Waals surface area contributed by atoms with Crippen LogP contribution >= 0.6 is 11.8 Å². The van der Waals surface area contributed by atoms with Gasteiger partial charge in [0.05, 0.1) is 5.56 Å². The molecule has 7 heteroatoms. The van der Waals surface area contributed by atoms with Crippen LogP contribution in [0.4, 0.5) is 5.82 Å². The van der Waals surface area contributed by atoms with Crippen molar-refractivity contribution in [2.45, 2.75) is 43.0 Å². The molecule has 2 N–H and O–H groups in total. The molecule has 0 saturated heterocycles. The van der Waals surface area contributed by atoms with E-state index in [1.165, 1.54) is 22.9 Å². The molecule has 5 rings (SSSR count). The second-order valence-corrected chi connectivity index (χ2v) is 8.88. The number of carbonyl (C=O) groups is 1. The molecule has 1 aliphatic heterocycles. The standard InChI is InChI=1S/C24H22N4O2S/c1-14-5-7-15(8-6-14)13-31-24-27-22-21(23(30)28-24)19(16-9-11-25-12-10-16)20-17(26-22)3-2-4-18(20)29/h5-12,19H,2-4,13H2,1H3,(H2,26,27,28,30)/t19-/m0/s1. The van der Waals surface area contributed by atoms with Crippen molar-refractivity contribution in [1.82, 2.24) is 15.0 Å². The van der Waals surface area contributed by atoms with E-state index < -0.39 is 5.92 Å². The molecule has 1 aliphatic carbocycles. The van der Waals surface area contributed by atoms with Crippen LogP contribution < -0.4 is 10.9 Å². The Morgan fingerprint density at radius 1 is 1.06 bits per heavy atom. The molecular formula is C24H22N4O2S. The third-order valence-electron chi connectivity index (χ3n) is 5.77. The van der Waals surface area contributed by atoms with Crippen LogP contribution in [0.25, 0.3) is 0 Å². The van der Waals surface area contributed by atoms with Crippen LogP contribution in [0.15, 0.2) is 70.0 Å².